The summed E-state index contributed by atoms with van der Waals surface area (Å²) in [6.45, 7) is 3.16. The van der Waals surface area contributed by atoms with Gasteiger partial charge in [-0.25, -0.2) is 17.6 Å². The number of halogens is 6. The topological polar surface area (TPSA) is 9.23 Å². The van der Waals surface area contributed by atoms with Gasteiger partial charge in [-0.15, -0.1) is 0 Å². The first-order valence-electron chi connectivity index (χ1n) is 10.8. The summed E-state index contributed by atoms with van der Waals surface area (Å²) in [5.41, 5.74) is 1.43. The Hall–Kier alpha value is -3.74. The van der Waals surface area contributed by atoms with E-state index in [2.05, 4.69) is 11.7 Å². The fraction of sp³-hybridized carbons (Fsp3) is 0.143. The van der Waals surface area contributed by atoms with E-state index in [4.69, 9.17) is 0 Å². The van der Waals surface area contributed by atoms with Gasteiger partial charge in [0.25, 0.3) is 0 Å². The van der Waals surface area contributed by atoms with Crippen LogP contribution < -0.4 is 4.74 Å². The summed E-state index contributed by atoms with van der Waals surface area (Å²) in [4.78, 5) is 0. The Morgan fingerprint density at radius 3 is 1.51 bits per heavy atom. The lowest BCUT2D eigenvalue weighted by Crippen LogP contribution is -2.25. The first-order valence-corrected chi connectivity index (χ1v) is 10.8. The number of aryl methyl sites for hydroxylation is 1. The zero-order valence-electron chi connectivity index (χ0n) is 18.8. The molecular weight excluding hydrogens is 466 g/mol. The highest BCUT2D eigenvalue weighted by Gasteiger charge is 2.41. The summed E-state index contributed by atoms with van der Waals surface area (Å²) < 4.78 is 90.2. The summed E-state index contributed by atoms with van der Waals surface area (Å²) in [5, 5.41) is 0. The molecule has 0 heterocycles. The maximum Gasteiger partial charge on any atom is 0.432 e. The second-order valence-electron chi connectivity index (χ2n) is 8.07. The maximum absolute atomic E-state index is 14.7. The molecule has 4 aromatic carbocycles. The van der Waals surface area contributed by atoms with Crippen LogP contribution in [-0.4, -0.2) is 0 Å². The molecule has 0 fully saturated rings. The molecule has 180 valence electrons. The number of hydrogen-bond acceptors (Lipinski definition) is 1. The molecule has 0 atom stereocenters. The number of rotatable bonds is 6. The highest BCUT2D eigenvalue weighted by Crippen LogP contribution is 2.38. The van der Waals surface area contributed by atoms with Gasteiger partial charge in [0.2, 0.25) is 0 Å². The minimum atomic E-state index is -4.52. The molecule has 0 N–H and O–H groups in total. The molecule has 0 radical (unpaired) electrons. The molecule has 0 saturated heterocycles. The highest BCUT2D eigenvalue weighted by atomic mass is 19.3. The van der Waals surface area contributed by atoms with Crippen molar-refractivity contribution in [2.75, 3.05) is 0 Å². The van der Waals surface area contributed by atoms with Crippen molar-refractivity contribution in [3.8, 4) is 28.0 Å². The summed E-state index contributed by atoms with van der Waals surface area (Å²) in [6, 6.07) is 17.3. The van der Waals surface area contributed by atoms with Crippen LogP contribution in [0.3, 0.4) is 0 Å². The maximum atomic E-state index is 14.7. The molecule has 4 rings (SSSR count). The van der Waals surface area contributed by atoms with E-state index in [1.54, 1.807) is 24.3 Å². The molecule has 0 aromatic heterocycles. The quantitative estimate of drug-likeness (QED) is 0.248. The van der Waals surface area contributed by atoms with Crippen molar-refractivity contribution >= 4 is 0 Å². The number of alkyl halides is 2. The molecule has 0 saturated carbocycles. The normalized spacial score (nSPS) is 11.5. The first kappa shape index (κ1) is 24.4. The van der Waals surface area contributed by atoms with Crippen molar-refractivity contribution in [2.24, 2.45) is 0 Å². The van der Waals surface area contributed by atoms with Crippen molar-refractivity contribution < 1.29 is 31.1 Å². The largest absolute Gasteiger partial charge is 0.432 e. The molecule has 0 unspecified atom stereocenters. The predicted octanol–water partition coefficient (Wildman–Crippen LogP) is 8.58. The summed E-state index contributed by atoms with van der Waals surface area (Å²) in [6.07, 6.45) is -3.61. The van der Waals surface area contributed by atoms with Gasteiger partial charge in [-0.05, 0) is 53.3 Å². The van der Waals surface area contributed by atoms with Crippen molar-refractivity contribution in [1.82, 2.24) is 0 Å². The number of hydrogen-bond donors (Lipinski definition) is 0. The van der Waals surface area contributed by atoms with Crippen LogP contribution in [0.5, 0.6) is 5.75 Å². The van der Waals surface area contributed by atoms with Gasteiger partial charge in [-0.2, -0.15) is 8.78 Å². The minimum absolute atomic E-state index is 0.0415. The van der Waals surface area contributed by atoms with Crippen molar-refractivity contribution in [2.45, 2.75) is 26.4 Å². The van der Waals surface area contributed by atoms with Crippen LogP contribution in [0, 0.1) is 30.2 Å². The van der Waals surface area contributed by atoms with Crippen LogP contribution in [0.15, 0.2) is 72.8 Å². The average molecular weight is 486 g/mol. The molecule has 0 spiro atoms. The first-order chi connectivity index (χ1) is 16.6. The summed E-state index contributed by atoms with van der Waals surface area (Å²) in [5.74, 6) is -6.27. The fourth-order valence-electron chi connectivity index (χ4n) is 3.69. The second kappa shape index (κ2) is 9.49. The van der Waals surface area contributed by atoms with E-state index in [1.165, 1.54) is 5.56 Å². The van der Waals surface area contributed by atoms with E-state index in [0.717, 1.165) is 36.6 Å². The van der Waals surface area contributed by atoms with Gasteiger partial charge in [-0.1, -0.05) is 55.5 Å². The molecule has 1 nitrogen and oxygen atoms in total. The Morgan fingerprint density at radius 1 is 0.629 bits per heavy atom. The van der Waals surface area contributed by atoms with E-state index in [-0.39, 0.29) is 5.56 Å². The SMILES string of the molecule is CCc1ccc(-c2ccc(-c3cc(F)c(C(F)(F)Oc4cc(F)c(C)c(F)c4)c(F)c3)cc2)cc1. The van der Waals surface area contributed by atoms with Crippen molar-refractivity contribution in [3.63, 3.8) is 0 Å². The molecule has 0 aliphatic carbocycles. The van der Waals surface area contributed by atoms with Crippen LogP contribution in [0.2, 0.25) is 0 Å². The third-order valence-corrected chi connectivity index (χ3v) is 5.75. The Balaban J connectivity index is 1.61. The molecule has 0 bridgehead atoms. The highest BCUT2D eigenvalue weighted by molar-refractivity contribution is 5.71. The van der Waals surface area contributed by atoms with Gasteiger partial charge in [0.1, 0.15) is 34.6 Å². The lowest BCUT2D eigenvalue weighted by molar-refractivity contribution is -0.189. The van der Waals surface area contributed by atoms with E-state index < -0.39 is 46.3 Å². The predicted molar refractivity (Wildman–Crippen MR) is 122 cm³/mol. The van der Waals surface area contributed by atoms with Gasteiger partial charge in [-0.3, -0.25) is 0 Å². The standard InChI is InChI=1S/C28H20F6O/c1-3-17-4-6-18(7-5-17)19-8-10-20(11-9-19)21-12-25(31)27(26(32)13-21)28(33,34)35-22-14-23(29)16(2)24(30)15-22/h4-15H,3H2,1-2H3. The molecule has 35 heavy (non-hydrogen) atoms. The van der Waals surface area contributed by atoms with Crippen LogP contribution >= 0.6 is 0 Å². The van der Waals surface area contributed by atoms with E-state index in [0.29, 0.717) is 17.7 Å². The molecule has 4 aromatic rings. The van der Waals surface area contributed by atoms with Gasteiger partial charge < -0.3 is 4.74 Å². The molecule has 0 aliphatic heterocycles. The number of benzene rings is 4. The van der Waals surface area contributed by atoms with Gasteiger partial charge in [0, 0.05) is 17.7 Å². The van der Waals surface area contributed by atoms with Crippen LogP contribution in [0.4, 0.5) is 26.3 Å². The van der Waals surface area contributed by atoms with Gasteiger partial charge >= 0.3 is 6.11 Å². The van der Waals surface area contributed by atoms with Crippen molar-refractivity contribution in [3.05, 3.63) is 113 Å². The van der Waals surface area contributed by atoms with E-state index >= 15 is 0 Å². The lowest BCUT2D eigenvalue weighted by atomic mass is 9.98. The van der Waals surface area contributed by atoms with Crippen LogP contribution in [0.1, 0.15) is 23.6 Å². The second-order valence-corrected chi connectivity index (χ2v) is 8.07. The monoisotopic (exact) mass is 486 g/mol. The third kappa shape index (κ3) is 5.04. The van der Waals surface area contributed by atoms with Crippen molar-refractivity contribution in [1.29, 1.82) is 0 Å². The third-order valence-electron chi connectivity index (χ3n) is 5.75. The lowest BCUT2D eigenvalue weighted by Gasteiger charge is -2.20. The molecular formula is C28H20F6O. The number of ether oxygens (including phenoxy) is 1. The zero-order valence-corrected chi connectivity index (χ0v) is 18.8. The fourth-order valence-corrected chi connectivity index (χ4v) is 3.69. The Labute approximate surface area is 198 Å². The Morgan fingerprint density at radius 2 is 1.06 bits per heavy atom. The average Bonchev–Trinajstić information content (AvgIpc) is 2.81. The van der Waals surface area contributed by atoms with Crippen LogP contribution in [-0.2, 0) is 12.5 Å². The van der Waals surface area contributed by atoms with Gasteiger partial charge in [0.05, 0.1) is 0 Å². The Kier molecular flexibility index (Phi) is 6.61. The summed E-state index contributed by atoms with van der Waals surface area (Å²) in [7, 11) is 0. The van der Waals surface area contributed by atoms with Crippen LogP contribution in [0.25, 0.3) is 22.3 Å². The molecule has 0 aliphatic rings. The smallest absolute Gasteiger partial charge is 0.429 e. The molecule has 0 amide bonds. The van der Waals surface area contributed by atoms with E-state index in [9.17, 15) is 26.3 Å². The summed E-state index contributed by atoms with van der Waals surface area (Å²) >= 11 is 0. The zero-order chi connectivity index (χ0) is 25.3. The Bertz CT molecular complexity index is 1320. The van der Waals surface area contributed by atoms with Gasteiger partial charge in [0.15, 0.2) is 0 Å². The van der Waals surface area contributed by atoms with E-state index in [1.807, 2.05) is 24.3 Å². The minimum Gasteiger partial charge on any atom is -0.429 e. The molecule has 7 heteroatoms.